The molecule has 0 spiro atoms. The third-order valence-electron chi connectivity index (χ3n) is 5.04. The van der Waals surface area contributed by atoms with Gasteiger partial charge in [-0.2, -0.15) is 0 Å². The second-order valence-corrected chi connectivity index (χ2v) is 8.29. The minimum Gasteiger partial charge on any atom is -0.361 e. The zero-order valence-electron chi connectivity index (χ0n) is 15.3. The second kappa shape index (κ2) is 6.78. The smallest absolute Gasteiger partial charge is 0.252 e. The fourth-order valence-electron chi connectivity index (χ4n) is 3.47. The number of fused-ring (bicyclic) bond motifs is 2. The molecule has 2 heterocycles. The summed E-state index contributed by atoms with van der Waals surface area (Å²) in [5, 5.41) is 4.12. The lowest BCUT2D eigenvalue weighted by atomic mass is 10.1. The van der Waals surface area contributed by atoms with Gasteiger partial charge in [0.05, 0.1) is 5.69 Å². The van der Waals surface area contributed by atoms with Crippen LogP contribution in [0.2, 0.25) is 0 Å². The van der Waals surface area contributed by atoms with Crippen molar-refractivity contribution < 1.29 is 9.59 Å². The zero-order valence-corrected chi connectivity index (χ0v) is 16.1. The van der Waals surface area contributed by atoms with Crippen molar-refractivity contribution in [3.8, 4) is 0 Å². The van der Waals surface area contributed by atoms with Gasteiger partial charge in [0.15, 0.2) is 4.75 Å². The minimum absolute atomic E-state index is 0.198. The number of thioether (sulfide) groups is 1. The Balaban J connectivity index is 1.47. The van der Waals surface area contributed by atoms with Gasteiger partial charge in [-0.25, -0.2) is 0 Å². The Labute approximate surface area is 162 Å². The van der Waals surface area contributed by atoms with Crippen LogP contribution in [0.25, 0.3) is 10.9 Å². The number of carbonyl (C=O) groups excluding carboxylic acids is 2. The zero-order chi connectivity index (χ0) is 19.0. The van der Waals surface area contributed by atoms with Crippen molar-refractivity contribution in [3.63, 3.8) is 0 Å². The number of para-hydroxylation sites is 2. The molecule has 4 rings (SSSR count). The van der Waals surface area contributed by atoms with Gasteiger partial charge >= 0.3 is 0 Å². The first-order valence-electron chi connectivity index (χ1n) is 8.90. The van der Waals surface area contributed by atoms with Crippen molar-refractivity contribution >= 4 is 40.2 Å². The lowest BCUT2D eigenvalue weighted by molar-refractivity contribution is -0.131. The molecular formula is C21H21N3O2S. The van der Waals surface area contributed by atoms with Crippen molar-refractivity contribution in [1.29, 1.82) is 0 Å². The van der Waals surface area contributed by atoms with E-state index in [9.17, 15) is 9.59 Å². The van der Waals surface area contributed by atoms with Crippen molar-refractivity contribution in [2.45, 2.75) is 23.0 Å². The van der Waals surface area contributed by atoms with Gasteiger partial charge in [-0.15, -0.1) is 0 Å². The number of carbonyl (C=O) groups is 2. The molecule has 138 valence electrons. The van der Waals surface area contributed by atoms with Gasteiger partial charge < -0.3 is 15.2 Å². The maximum atomic E-state index is 12.9. The van der Waals surface area contributed by atoms with Gasteiger partial charge in [0.25, 0.3) is 5.91 Å². The first kappa shape index (κ1) is 17.7. The van der Waals surface area contributed by atoms with E-state index in [2.05, 4.69) is 16.4 Å². The molecule has 5 nitrogen and oxygen atoms in total. The molecule has 1 atom stereocenters. The Morgan fingerprint density at radius 2 is 1.93 bits per heavy atom. The van der Waals surface area contributed by atoms with E-state index in [4.69, 9.17) is 0 Å². The van der Waals surface area contributed by atoms with Crippen molar-refractivity contribution in [1.82, 2.24) is 10.3 Å². The van der Waals surface area contributed by atoms with Crippen LogP contribution in [0.3, 0.4) is 0 Å². The normalized spacial score (nSPS) is 19.2. The number of hydrogen-bond acceptors (Lipinski definition) is 3. The summed E-state index contributed by atoms with van der Waals surface area (Å²) in [5.41, 5.74) is 3.08. The monoisotopic (exact) mass is 379 g/mol. The van der Waals surface area contributed by atoms with Gasteiger partial charge in [0.2, 0.25) is 5.91 Å². The van der Waals surface area contributed by atoms with Crippen molar-refractivity contribution in [2.24, 2.45) is 0 Å². The van der Waals surface area contributed by atoms with E-state index in [1.807, 2.05) is 48.7 Å². The molecule has 3 aromatic rings. The second-order valence-electron chi connectivity index (χ2n) is 6.83. The van der Waals surface area contributed by atoms with Gasteiger partial charge in [0, 0.05) is 35.6 Å². The number of hydrogen-bond donors (Lipinski definition) is 2. The maximum Gasteiger partial charge on any atom is 0.252 e. The molecule has 0 aliphatic carbocycles. The highest BCUT2D eigenvalue weighted by Gasteiger charge is 2.48. The average molecular weight is 379 g/mol. The lowest BCUT2D eigenvalue weighted by Gasteiger charge is -2.36. The Morgan fingerprint density at radius 3 is 2.78 bits per heavy atom. The fourth-order valence-corrected chi connectivity index (χ4v) is 4.76. The molecule has 6 heteroatoms. The highest BCUT2D eigenvalue weighted by Crippen LogP contribution is 2.44. The predicted octanol–water partition coefficient (Wildman–Crippen LogP) is 3.35. The van der Waals surface area contributed by atoms with E-state index in [1.54, 1.807) is 18.9 Å². The molecule has 0 bridgehead atoms. The van der Waals surface area contributed by atoms with Crippen LogP contribution in [0.5, 0.6) is 0 Å². The lowest BCUT2D eigenvalue weighted by Crippen LogP contribution is -2.55. The number of anilines is 1. The number of amides is 2. The number of rotatable bonds is 4. The molecule has 0 saturated heterocycles. The summed E-state index contributed by atoms with van der Waals surface area (Å²) in [6.45, 7) is 2.18. The Morgan fingerprint density at radius 1 is 1.19 bits per heavy atom. The number of nitrogens with one attached hydrogen (secondary N) is 2. The molecule has 1 aliphatic heterocycles. The molecule has 0 fully saturated rings. The van der Waals surface area contributed by atoms with E-state index >= 15 is 0 Å². The Hall–Kier alpha value is -2.73. The molecule has 1 aromatic heterocycles. The molecule has 0 radical (unpaired) electrons. The van der Waals surface area contributed by atoms with Crippen molar-refractivity contribution in [3.05, 3.63) is 60.3 Å². The van der Waals surface area contributed by atoms with Crippen LogP contribution in [0.1, 0.15) is 12.5 Å². The summed E-state index contributed by atoms with van der Waals surface area (Å²) >= 11 is 1.32. The summed E-state index contributed by atoms with van der Waals surface area (Å²) < 4.78 is -1.16. The number of nitrogens with zero attached hydrogens (tertiary/aromatic N) is 1. The molecule has 1 aliphatic rings. The fraction of sp³-hybridized carbons (Fsp3) is 0.238. The van der Waals surface area contributed by atoms with Gasteiger partial charge in [-0.3, -0.25) is 9.59 Å². The third-order valence-corrected chi connectivity index (χ3v) is 6.37. The van der Waals surface area contributed by atoms with Gasteiger partial charge in [-0.05, 0) is 37.1 Å². The van der Waals surface area contributed by atoms with Crippen LogP contribution in [0, 0.1) is 0 Å². The van der Waals surface area contributed by atoms with Crippen LogP contribution in [-0.4, -0.2) is 35.1 Å². The first-order chi connectivity index (χ1) is 13.0. The summed E-state index contributed by atoms with van der Waals surface area (Å²) in [7, 11) is 1.72. The topological polar surface area (TPSA) is 65.2 Å². The SMILES string of the molecule is CN1C(=O)C(C)(C(=O)NCCc2c[nH]c3ccccc23)Sc2ccccc21. The quantitative estimate of drug-likeness (QED) is 0.683. The summed E-state index contributed by atoms with van der Waals surface area (Å²) in [6.07, 6.45) is 2.68. The van der Waals surface area contributed by atoms with Crippen LogP contribution >= 0.6 is 11.8 Å². The Kier molecular flexibility index (Phi) is 4.44. The predicted molar refractivity (Wildman–Crippen MR) is 109 cm³/mol. The molecule has 0 saturated carbocycles. The van der Waals surface area contributed by atoms with E-state index < -0.39 is 4.75 Å². The minimum atomic E-state index is -1.16. The average Bonchev–Trinajstić information content (AvgIpc) is 3.09. The molecule has 2 amide bonds. The number of H-pyrrole nitrogens is 1. The maximum absolute atomic E-state index is 12.9. The van der Waals surface area contributed by atoms with E-state index in [-0.39, 0.29) is 11.8 Å². The van der Waals surface area contributed by atoms with Crippen LogP contribution in [0.15, 0.2) is 59.6 Å². The summed E-state index contributed by atoms with van der Waals surface area (Å²) in [5.74, 6) is -0.450. The number of aromatic amines is 1. The molecule has 2 N–H and O–H groups in total. The van der Waals surface area contributed by atoms with Crippen LogP contribution < -0.4 is 10.2 Å². The van der Waals surface area contributed by atoms with Gasteiger partial charge in [-0.1, -0.05) is 42.1 Å². The number of aromatic nitrogens is 1. The number of benzene rings is 2. The molecular weight excluding hydrogens is 358 g/mol. The third kappa shape index (κ3) is 3.00. The van der Waals surface area contributed by atoms with E-state index in [1.165, 1.54) is 11.8 Å². The molecule has 2 aromatic carbocycles. The van der Waals surface area contributed by atoms with E-state index in [0.717, 1.165) is 27.0 Å². The van der Waals surface area contributed by atoms with Gasteiger partial charge in [0.1, 0.15) is 0 Å². The summed E-state index contributed by atoms with van der Waals surface area (Å²) in [4.78, 5) is 31.5. The highest BCUT2D eigenvalue weighted by molar-refractivity contribution is 8.02. The molecule has 1 unspecified atom stereocenters. The summed E-state index contributed by atoms with van der Waals surface area (Å²) in [6, 6.07) is 15.8. The largest absolute Gasteiger partial charge is 0.361 e. The highest BCUT2D eigenvalue weighted by atomic mass is 32.2. The van der Waals surface area contributed by atoms with Crippen LogP contribution in [-0.2, 0) is 16.0 Å². The van der Waals surface area contributed by atoms with Crippen molar-refractivity contribution in [2.75, 3.05) is 18.5 Å². The van der Waals surface area contributed by atoms with E-state index in [0.29, 0.717) is 13.0 Å². The first-order valence-corrected chi connectivity index (χ1v) is 9.72. The standard InChI is InChI=1S/C21H21N3O2S/c1-21(20(26)24(2)17-9-5-6-10-18(17)27-21)19(25)22-12-11-14-13-23-16-8-4-3-7-15(14)16/h3-10,13,23H,11-12H2,1-2H3,(H,22,25). The molecule has 27 heavy (non-hydrogen) atoms. The Bertz CT molecular complexity index is 1030. The van der Waals surface area contributed by atoms with Crippen LogP contribution in [0.4, 0.5) is 5.69 Å².